The molecule has 2 fully saturated rings. The standard InChI is InChI=1S/C65H122O14/c1-3-5-7-9-11-13-15-17-19-21-23-25-26-27-28-29-30-32-34-36-38-40-42-44-46-48-57(67)77-54(51-74-49-47-45-43-41-39-37-35-33-31-24-22-20-18-16-14-12-10-8-6-4-2)52-75-64-63(73)61(71)59(69)56(79-64)53-76-65-62(72)60(70)58(68)55(50-66)78-65/h12,14,18,20,54-56,58-66,68-73H,3-11,13,15-17,19,21-53H2,1-2H3/b14-12-,20-18-. The number of aliphatic hydroxyl groups is 7. The van der Waals surface area contributed by atoms with E-state index in [2.05, 4.69) is 38.2 Å². The van der Waals surface area contributed by atoms with Gasteiger partial charge in [-0.25, -0.2) is 0 Å². The second-order valence-corrected chi connectivity index (χ2v) is 23.3. The number of allylic oxidation sites excluding steroid dienone is 4. The highest BCUT2D eigenvalue weighted by Gasteiger charge is 2.47. The van der Waals surface area contributed by atoms with Gasteiger partial charge in [-0.2, -0.15) is 0 Å². The van der Waals surface area contributed by atoms with Crippen LogP contribution >= 0.6 is 0 Å². The molecule has 2 rings (SSSR count). The Labute approximate surface area is 481 Å². The molecule has 7 N–H and O–H groups in total. The van der Waals surface area contributed by atoms with E-state index in [4.69, 9.17) is 28.4 Å². The molecule has 0 spiro atoms. The molecule has 0 bridgehead atoms. The zero-order valence-corrected chi connectivity index (χ0v) is 50.4. The van der Waals surface area contributed by atoms with Gasteiger partial charge in [0, 0.05) is 13.0 Å². The number of carbonyl (C=O) groups is 1. The Morgan fingerprint density at radius 1 is 0.418 bits per heavy atom. The third kappa shape index (κ3) is 38.1. The molecular formula is C65H122O14. The minimum absolute atomic E-state index is 0.0643. The molecule has 466 valence electrons. The molecule has 2 saturated heterocycles. The Morgan fingerprint density at radius 2 is 0.785 bits per heavy atom. The monoisotopic (exact) mass is 1130 g/mol. The Bertz CT molecular complexity index is 1400. The van der Waals surface area contributed by atoms with Gasteiger partial charge in [0.25, 0.3) is 0 Å². The minimum Gasteiger partial charge on any atom is -0.457 e. The molecule has 0 amide bonds. The fourth-order valence-corrected chi connectivity index (χ4v) is 10.7. The van der Waals surface area contributed by atoms with Gasteiger partial charge in [-0.1, -0.05) is 256 Å². The average Bonchev–Trinajstić information content (AvgIpc) is 3.46. The van der Waals surface area contributed by atoms with Crippen molar-refractivity contribution in [2.45, 2.75) is 351 Å². The Morgan fingerprint density at radius 3 is 1.24 bits per heavy atom. The van der Waals surface area contributed by atoms with Crippen LogP contribution in [0.15, 0.2) is 24.3 Å². The van der Waals surface area contributed by atoms with Crippen LogP contribution < -0.4 is 0 Å². The summed E-state index contributed by atoms with van der Waals surface area (Å²) in [5, 5.41) is 72.5. The molecule has 14 heteroatoms. The van der Waals surface area contributed by atoms with Crippen molar-refractivity contribution in [3.63, 3.8) is 0 Å². The summed E-state index contributed by atoms with van der Waals surface area (Å²) in [5.74, 6) is -0.369. The van der Waals surface area contributed by atoms with Gasteiger partial charge in [0.05, 0.1) is 26.4 Å². The number of carbonyl (C=O) groups excluding carboxylic acids is 1. The van der Waals surface area contributed by atoms with Gasteiger partial charge in [-0.3, -0.25) is 4.79 Å². The lowest BCUT2D eigenvalue weighted by atomic mass is 9.98. The van der Waals surface area contributed by atoms with Gasteiger partial charge in [-0.15, -0.1) is 0 Å². The predicted molar refractivity (Wildman–Crippen MR) is 317 cm³/mol. The number of rotatable bonds is 55. The first-order valence-electron chi connectivity index (χ1n) is 32.9. The van der Waals surface area contributed by atoms with Gasteiger partial charge in [0.2, 0.25) is 0 Å². The topological polar surface area (TPSA) is 214 Å². The summed E-state index contributed by atoms with van der Waals surface area (Å²) in [5.41, 5.74) is 0. The Balaban J connectivity index is 1.65. The van der Waals surface area contributed by atoms with Crippen LogP contribution in [-0.4, -0.2) is 142 Å². The summed E-state index contributed by atoms with van der Waals surface area (Å²) in [6.45, 7) is 3.73. The van der Waals surface area contributed by atoms with Crippen LogP contribution in [0.2, 0.25) is 0 Å². The number of esters is 1. The van der Waals surface area contributed by atoms with E-state index < -0.39 is 80.7 Å². The molecule has 0 aromatic heterocycles. The summed E-state index contributed by atoms with van der Waals surface area (Å²) in [6.07, 6.45) is 45.3. The molecule has 79 heavy (non-hydrogen) atoms. The van der Waals surface area contributed by atoms with Crippen molar-refractivity contribution in [3.05, 3.63) is 24.3 Å². The molecule has 11 unspecified atom stereocenters. The summed E-state index contributed by atoms with van der Waals surface area (Å²) in [6, 6.07) is 0. The van der Waals surface area contributed by atoms with Crippen molar-refractivity contribution >= 4 is 5.97 Å². The molecule has 2 aliphatic rings. The van der Waals surface area contributed by atoms with Gasteiger partial charge in [-0.05, 0) is 44.9 Å². The van der Waals surface area contributed by atoms with E-state index in [-0.39, 0.29) is 25.6 Å². The number of ether oxygens (including phenoxy) is 6. The lowest BCUT2D eigenvalue weighted by Crippen LogP contribution is -2.61. The maximum atomic E-state index is 13.1. The van der Waals surface area contributed by atoms with Crippen molar-refractivity contribution in [1.29, 1.82) is 0 Å². The minimum atomic E-state index is -1.71. The first kappa shape index (κ1) is 73.6. The van der Waals surface area contributed by atoms with E-state index in [0.29, 0.717) is 13.0 Å². The zero-order chi connectivity index (χ0) is 57.2. The summed E-state index contributed by atoms with van der Waals surface area (Å²) < 4.78 is 34.5. The highest BCUT2D eigenvalue weighted by atomic mass is 16.7. The number of aliphatic hydroxyl groups excluding tert-OH is 7. The lowest BCUT2D eigenvalue weighted by molar-refractivity contribution is -0.332. The van der Waals surface area contributed by atoms with E-state index in [1.807, 2.05) is 0 Å². The molecule has 0 aromatic rings. The first-order valence-corrected chi connectivity index (χ1v) is 32.9. The third-order valence-corrected chi connectivity index (χ3v) is 16.0. The number of hydrogen-bond donors (Lipinski definition) is 7. The van der Waals surface area contributed by atoms with Crippen molar-refractivity contribution < 1.29 is 69.0 Å². The van der Waals surface area contributed by atoms with Crippen LogP contribution in [0.1, 0.15) is 284 Å². The maximum absolute atomic E-state index is 13.1. The zero-order valence-electron chi connectivity index (χ0n) is 50.4. The molecule has 0 aliphatic carbocycles. The molecule has 0 radical (unpaired) electrons. The van der Waals surface area contributed by atoms with Crippen LogP contribution in [0, 0.1) is 0 Å². The van der Waals surface area contributed by atoms with Crippen molar-refractivity contribution in [2.75, 3.05) is 33.0 Å². The van der Waals surface area contributed by atoms with Crippen LogP contribution in [0.4, 0.5) is 0 Å². The molecule has 11 atom stereocenters. The van der Waals surface area contributed by atoms with Crippen molar-refractivity contribution in [3.8, 4) is 0 Å². The molecular weight excluding hydrogens is 1000 g/mol. The summed E-state index contributed by atoms with van der Waals surface area (Å²) in [7, 11) is 0. The van der Waals surface area contributed by atoms with Crippen LogP contribution in [0.3, 0.4) is 0 Å². The van der Waals surface area contributed by atoms with Crippen LogP contribution in [0.5, 0.6) is 0 Å². The molecule has 2 heterocycles. The van der Waals surface area contributed by atoms with Gasteiger partial charge in [0.1, 0.15) is 54.9 Å². The van der Waals surface area contributed by atoms with Crippen molar-refractivity contribution in [2.24, 2.45) is 0 Å². The fraction of sp³-hybridized carbons (Fsp3) is 0.923. The predicted octanol–water partition coefficient (Wildman–Crippen LogP) is 13.1. The van der Waals surface area contributed by atoms with E-state index >= 15 is 0 Å². The normalized spacial score (nSPS) is 24.1. The van der Waals surface area contributed by atoms with Gasteiger partial charge < -0.3 is 64.2 Å². The largest absolute Gasteiger partial charge is 0.457 e. The van der Waals surface area contributed by atoms with Crippen LogP contribution in [0.25, 0.3) is 0 Å². The lowest BCUT2D eigenvalue weighted by Gasteiger charge is -2.42. The Kier molecular flexibility index (Phi) is 48.5. The SMILES string of the molecule is CCCCC/C=C\C/C=C\CCCCCCCCCCCCOCC(COC1OC(COC2OC(CO)C(O)C(O)C2O)C(O)C(O)C1O)OC(=O)CCCCCCCCCCCCCCCCCCCCCCCCCCC. The number of hydrogen-bond acceptors (Lipinski definition) is 14. The van der Waals surface area contributed by atoms with E-state index in [1.54, 1.807) is 0 Å². The third-order valence-electron chi connectivity index (χ3n) is 16.0. The van der Waals surface area contributed by atoms with Crippen molar-refractivity contribution in [1.82, 2.24) is 0 Å². The Hall–Kier alpha value is -1.53. The number of unbranched alkanes of at least 4 members (excludes halogenated alkanes) is 37. The van der Waals surface area contributed by atoms with E-state index in [9.17, 15) is 40.5 Å². The smallest absolute Gasteiger partial charge is 0.306 e. The molecule has 2 aliphatic heterocycles. The highest BCUT2D eigenvalue weighted by Crippen LogP contribution is 2.27. The fourth-order valence-electron chi connectivity index (χ4n) is 10.7. The van der Waals surface area contributed by atoms with E-state index in [0.717, 1.165) is 44.9 Å². The second kappa shape index (κ2) is 52.1. The second-order valence-electron chi connectivity index (χ2n) is 23.3. The first-order chi connectivity index (χ1) is 38.6. The van der Waals surface area contributed by atoms with Gasteiger partial charge in [0.15, 0.2) is 12.6 Å². The molecule has 0 saturated carbocycles. The van der Waals surface area contributed by atoms with E-state index in [1.165, 1.54) is 212 Å². The molecule has 14 nitrogen and oxygen atoms in total. The summed E-state index contributed by atoms with van der Waals surface area (Å²) >= 11 is 0. The maximum Gasteiger partial charge on any atom is 0.306 e. The molecule has 0 aromatic carbocycles. The summed E-state index contributed by atoms with van der Waals surface area (Å²) in [4.78, 5) is 13.1. The quantitative estimate of drug-likeness (QED) is 0.0172. The van der Waals surface area contributed by atoms with Crippen LogP contribution in [-0.2, 0) is 33.2 Å². The highest BCUT2D eigenvalue weighted by molar-refractivity contribution is 5.69. The van der Waals surface area contributed by atoms with Gasteiger partial charge >= 0.3 is 5.97 Å². The average molecular weight is 1130 g/mol.